The maximum atomic E-state index is 15.3. The molecule has 4 heteroatoms. The lowest BCUT2D eigenvalue weighted by Crippen LogP contribution is -2.62. The molecule has 4 nitrogen and oxygen atoms in total. The van der Waals surface area contributed by atoms with E-state index in [1.165, 1.54) is 0 Å². The Labute approximate surface area is 340 Å². The first-order valence-electron chi connectivity index (χ1n) is 19.8. The lowest BCUT2D eigenvalue weighted by Gasteiger charge is -2.55. The molecule has 1 fully saturated rings. The molecule has 1 aliphatic heterocycles. The summed E-state index contributed by atoms with van der Waals surface area (Å²) in [6, 6.07) is 84.2. The van der Waals surface area contributed by atoms with Crippen LogP contribution in [0.25, 0.3) is 16.7 Å². The zero-order valence-corrected chi connectivity index (χ0v) is 31.9. The minimum atomic E-state index is -1.76. The molecular formula is C54H41N3O. The van der Waals surface area contributed by atoms with E-state index in [1.807, 2.05) is 24.3 Å². The van der Waals surface area contributed by atoms with Gasteiger partial charge in [0.2, 0.25) is 0 Å². The van der Waals surface area contributed by atoms with E-state index in [0.717, 1.165) is 67.3 Å². The van der Waals surface area contributed by atoms with Crippen LogP contribution in [0, 0.1) is 0 Å². The van der Waals surface area contributed by atoms with E-state index >= 15 is 5.11 Å². The van der Waals surface area contributed by atoms with Gasteiger partial charge in [-0.3, -0.25) is 0 Å². The molecule has 8 aromatic carbocycles. The Bertz CT molecular complexity index is 2710. The van der Waals surface area contributed by atoms with Crippen LogP contribution in [0.1, 0.15) is 27.8 Å². The largest absolute Gasteiger partial charge is 0.377 e. The lowest BCUT2D eigenvalue weighted by atomic mass is 9.57. The Kier molecular flexibility index (Phi) is 8.82. The molecule has 2 atom stereocenters. The van der Waals surface area contributed by atoms with Crippen LogP contribution in [0.2, 0.25) is 0 Å². The SMILES string of the molecule is OC1(c2ccccc2)C(c2ccccc2)=C(c2ccccc2)C(c2ccccc2)=C2N(c3ccccc3)N(c3ccccc3)N(c3ccccc3)C21c1ccccc1. The molecule has 10 rings (SSSR count). The summed E-state index contributed by atoms with van der Waals surface area (Å²) < 4.78 is 0. The van der Waals surface area contributed by atoms with Gasteiger partial charge in [-0.05, 0) is 69.8 Å². The predicted octanol–water partition coefficient (Wildman–Crippen LogP) is 12.2. The topological polar surface area (TPSA) is 30.0 Å². The van der Waals surface area contributed by atoms with Gasteiger partial charge in [0.05, 0.1) is 22.8 Å². The highest BCUT2D eigenvalue weighted by Crippen LogP contribution is 2.68. The molecule has 0 saturated carbocycles. The Morgan fingerprint density at radius 1 is 0.328 bits per heavy atom. The van der Waals surface area contributed by atoms with E-state index < -0.39 is 11.1 Å². The molecule has 0 aromatic heterocycles. The summed E-state index contributed by atoms with van der Waals surface area (Å²) in [7, 11) is 0. The first-order chi connectivity index (χ1) is 28.7. The molecule has 58 heavy (non-hydrogen) atoms. The number of benzene rings is 8. The van der Waals surface area contributed by atoms with Gasteiger partial charge in [-0.25, -0.2) is 10.0 Å². The third-order valence-corrected chi connectivity index (χ3v) is 11.4. The van der Waals surface area contributed by atoms with Crippen LogP contribution in [0.5, 0.6) is 0 Å². The smallest absolute Gasteiger partial charge is 0.168 e. The van der Waals surface area contributed by atoms with E-state index in [-0.39, 0.29) is 0 Å². The summed E-state index contributed by atoms with van der Waals surface area (Å²) in [6.07, 6.45) is 0. The second kappa shape index (κ2) is 14.6. The first kappa shape index (κ1) is 35.0. The van der Waals surface area contributed by atoms with Gasteiger partial charge in [-0.2, -0.15) is 5.12 Å². The van der Waals surface area contributed by atoms with Gasteiger partial charge < -0.3 is 5.11 Å². The second-order valence-corrected chi connectivity index (χ2v) is 14.6. The van der Waals surface area contributed by atoms with Crippen molar-refractivity contribution in [2.24, 2.45) is 0 Å². The van der Waals surface area contributed by atoms with Crippen LogP contribution in [0.3, 0.4) is 0 Å². The predicted molar refractivity (Wildman–Crippen MR) is 238 cm³/mol. The number of nitrogens with zero attached hydrogens (tertiary/aromatic N) is 3. The number of allylic oxidation sites excluding steroid dienone is 2. The van der Waals surface area contributed by atoms with Crippen LogP contribution < -0.4 is 15.1 Å². The minimum Gasteiger partial charge on any atom is -0.377 e. The molecule has 1 heterocycles. The summed E-state index contributed by atoms with van der Waals surface area (Å²) in [4.78, 5) is 0. The van der Waals surface area contributed by atoms with Gasteiger partial charge in [0, 0.05) is 11.1 Å². The van der Waals surface area contributed by atoms with Gasteiger partial charge in [0.1, 0.15) is 0 Å². The van der Waals surface area contributed by atoms with Crippen LogP contribution >= 0.6 is 0 Å². The van der Waals surface area contributed by atoms with Crippen molar-refractivity contribution in [1.82, 2.24) is 0 Å². The van der Waals surface area contributed by atoms with E-state index in [0.29, 0.717) is 0 Å². The Morgan fingerprint density at radius 3 is 1.17 bits per heavy atom. The summed E-state index contributed by atoms with van der Waals surface area (Å²) in [5, 5.41) is 22.3. The van der Waals surface area contributed by atoms with E-state index in [9.17, 15) is 0 Å². The Balaban J connectivity index is 1.54. The Morgan fingerprint density at radius 2 is 0.690 bits per heavy atom. The van der Waals surface area contributed by atoms with Crippen molar-refractivity contribution < 1.29 is 5.11 Å². The standard InChI is InChI=1S/C54H41N3O/c58-54(45-33-17-5-18-34-45)51(43-29-13-3-14-30-43)49(41-25-9-1-10-26-41)50(42-27-11-2-12-28-42)52-53(54,44-31-15-4-16-32-44)56(47-37-21-7-22-38-47)57(48-39-23-8-24-40-48)55(52)46-35-19-6-20-36-46/h1-40,58H. The van der Waals surface area contributed by atoms with Gasteiger partial charge in [0.25, 0.3) is 0 Å². The van der Waals surface area contributed by atoms with E-state index in [2.05, 4.69) is 234 Å². The van der Waals surface area contributed by atoms with Crippen LogP contribution in [-0.4, -0.2) is 5.11 Å². The fourth-order valence-electron chi connectivity index (χ4n) is 9.19. The van der Waals surface area contributed by atoms with Crippen LogP contribution in [0.15, 0.2) is 248 Å². The van der Waals surface area contributed by atoms with Gasteiger partial charge >= 0.3 is 0 Å². The molecule has 1 saturated heterocycles. The molecule has 0 amide bonds. The number of hydrogen-bond acceptors (Lipinski definition) is 4. The van der Waals surface area contributed by atoms with Gasteiger partial charge in [0.15, 0.2) is 11.1 Å². The van der Waals surface area contributed by atoms with Crippen LogP contribution in [-0.2, 0) is 11.1 Å². The number of hydrazine groups is 2. The zero-order valence-electron chi connectivity index (χ0n) is 31.9. The summed E-state index contributed by atoms with van der Waals surface area (Å²) >= 11 is 0. The van der Waals surface area contributed by atoms with Crippen molar-refractivity contribution in [2.75, 3.05) is 15.1 Å². The molecule has 0 radical (unpaired) electrons. The molecule has 1 aliphatic carbocycles. The summed E-state index contributed by atoms with van der Waals surface area (Å²) in [6.45, 7) is 0. The summed E-state index contributed by atoms with van der Waals surface area (Å²) in [5.74, 6) is 0. The number of aliphatic hydroxyl groups is 1. The first-order valence-corrected chi connectivity index (χ1v) is 19.8. The number of rotatable bonds is 8. The molecule has 2 aliphatic rings. The second-order valence-electron chi connectivity index (χ2n) is 14.6. The number of para-hydroxylation sites is 3. The maximum Gasteiger partial charge on any atom is 0.168 e. The van der Waals surface area contributed by atoms with Crippen molar-refractivity contribution in [3.8, 4) is 0 Å². The van der Waals surface area contributed by atoms with Crippen molar-refractivity contribution in [3.63, 3.8) is 0 Å². The highest BCUT2D eigenvalue weighted by molar-refractivity contribution is 6.21. The monoisotopic (exact) mass is 747 g/mol. The molecule has 0 spiro atoms. The molecule has 2 unspecified atom stereocenters. The highest BCUT2D eigenvalue weighted by Gasteiger charge is 2.71. The lowest BCUT2D eigenvalue weighted by molar-refractivity contribution is 0.0302. The molecule has 8 aromatic rings. The Hall–Kier alpha value is -7.40. The molecule has 1 N–H and O–H groups in total. The average molecular weight is 748 g/mol. The van der Waals surface area contributed by atoms with Crippen molar-refractivity contribution >= 4 is 33.8 Å². The van der Waals surface area contributed by atoms with Crippen molar-refractivity contribution in [3.05, 3.63) is 276 Å². The number of hydrogen-bond donors (Lipinski definition) is 1. The molecule has 278 valence electrons. The third-order valence-electron chi connectivity index (χ3n) is 11.4. The van der Waals surface area contributed by atoms with Crippen LogP contribution in [0.4, 0.5) is 17.1 Å². The molecule has 0 bridgehead atoms. The minimum absolute atomic E-state index is 0.764. The summed E-state index contributed by atoms with van der Waals surface area (Å²) in [5.41, 5.74) is 7.98. The van der Waals surface area contributed by atoms with Crippen molar-refractivity contribution in [1.29, 1.82) is 0 Å². The average Bonchev–Trinajstić information content (AvgIpc) is 3.64. The van der Waals surface area contributed by atoms with Gasteiger partial charge in [-0.15, -0.1) is 0 Å². The maximum absolute atomic E-state index is 15.3. The number of anilines is 3. The third kappa shape index (κ3) is 5.34. The highest BCUT2D eigenvalue weighted by atomic mass is 16.3. The van der Waals surface area contributed by atoms with E-state index in [4.69, 9.17) is 0 Å². The fourth-order valence-corrected chi connectivity index (χ4v) is 9.19. The number of fused-ring (bicyclic) bond motifs is 1. The fraction of sp³-hybridized carbons (Fsp3) is 0.0370. The quantitative estimate of drug-likeness (QED) is 0.168. The van der Waals surface area contributed by atoms with Crippen molar-refractivity contribution in [2.45, 2.75) is 11.1 Å². The normalized spacial score (nSPS) is 19.0. The molecular weight excluding hydrogens is 707 g/mol. The van der Waals surface area contributed by atoms with E-state index in [1.54, 1.807) is 0 Å². The van der Waals surface area contributed by atoms with Gasteiger partial charge in [-0.1, -0.05) is 206 Å². The zero-order chi connectivity index (χ0) is 38.9.